The second-order valence-corrected chi connectivity index (χ2v) is 5.31. The number of pyridine rings is 1. The fourth-order valence-corrected chi connectivity index (χ4v) is 2.19. The van der Waals surface area contributed by atoms with Crippen molar-refractivity contribution in [1.29, 1.82) is 0 Å². The molecular formula is C17H19N3O3. The van der Waals surface area contributed by atoms with E-state index in [1.807, 2.05) is 31.2 Å². The molecule has 23 heavy (non-hydrogen) atoms. The van der Waals surface area contributed by atoms with Crippen LogP contribution in [0.3, 0.4) is 0 Å². The van der Waals surface area contributed by atoms with Crippen LogP contribution in [0.4, 0.5) is 0 Å². The van der Waals surface area contributed by atoms with E-state index in [0.29, 0.717) is 18.7 Å². The van der Waals surface area contributed by atoms with E-state index in [-0.39, 0.29) is 12.0 Å². The molecule has 0 unspecified atom stereocenters. The molecule has 0 fully saturated rings. The van der Waals surface area contributed by atoms with Crippen molar-refractivity contribution in [3.05, 3.63) is 57.9 Å². The zero-order chi connectivity index (χ0) is 16.8. The van der Waals surface area contributed by atoms with Gasteiger partial charge in [-0.1, -0.05) is 23.8 Å². The van der Waals surface area contributed by atoms with Crippen LogP contribution in [0.15, 0.2) is 41.2 Å². The summed E-state index contributed by atoms with van der Waals surface area (Å²) in [5.41, 5.74) is 7.24. The molecule has 4 N–H and O–H groups in total. The fourth-order valence-electron chi connectivity index (χ4n) is 2.19. The first kappa shape index (κ1) is 16.5. The third kappa shape index (κ3) is 4.54. The number of aromatic nitrogens is 1. The van der Waals surface area contributed by atoms with Crippen molar-refractivity contribution in [3.63, 3.8) is 0 Å². The van der Waals surface area contributed by atoms with E-state index in [4.69, 9.17) is 5.73 Å². The van der Waals surface area contributed by atoms with E-state index in [1.165, 1.54) is 6.07 Å². The normalized spacial score (nSPS) is 10.3. The van der Waals surface area contributed by atoms with Gasteiger partial charge >= 0.3 is 0 Å². The van der Waals surface area contributed by atoms with E-state index in [2.05, 4.69) is 10.3 Å². The minimum absolute atomic E-state index is 0.0421. The summed E-state index contributed by atoms with van der Waals surface area (Å²) in [4.78, 5) is 37.4. The van der Waals surface area contributed by atoms with Gasteiger partial charge in [0.1, 0.15) is 5.56 Å². The first-order valence-electron chi connectivity index (χ1n) is 7.34. The Hall–Kier alpha value is -2.89. The molecule has 0 atom stereocenters. The van der Waals surface area contributed by atoms with Crippen molar-refractivity contribution < 1.29 is 9.59 Å². The lowest BCUT2D eigenvalue weighted by Crippen LogP contribution is -2.30. The summed E-state index contributed by atoms with van der Waals surface area (Å²) in [5.74, 6) is -0.883. The number of amides is 2. The molecule has 1 aromatic carbocycles. The monoisotopic (exact) mass is 313 g/mol. The molecule has 0 aliphatic rings. The Labute approximate surface area is 133 Å². The highest BCUT2D eigenvalue weighted by Gasteiger charge is 2.11. The van der Waals surface area contributed by atoms with Crippen molar-refractivity contribution in [3.8, 4) is 11.3 Å². The van der Waals surface area contributed by atoms with Gasteiger partial charge in [0, 0.05) is 18.7 Å². The highest BCUT2D eigenvalue weighted by Crippen LogP contribution is 2.16. The van der Waals surface area contributed by atoms with E-state index in [1.54, 1.807) is 6.07 Å². The maximum Gasteiger partial charge on any atom is 0.261 e. The number of aryl methyl sites for hydroxylation is 1. The first-order valence-corrected chi connectivity index (χ1v) is 7.34. The molecule has 2 aromatic rings. The standard InChI is InChI=1S/C17H19N3O3/c1-11-4-2-5-12(10-11)14-8-7-13(17(23)20-14)16(22)19-9-3-6-15(18)21/h2,4-5,7-8,10H,3,6,9H2,1H3,(H2,18,21)(H,19,22)(H,20,23). The number of benzene rings is 1. The highest BCUT2D eigenvalue weighted by molar-refractivity contribution is 5.94. The van der Waals surface area contributed by atoms with Gasteiger partial charge in [0.05, 0.1) is 0 Å². The molecule has 0 saturated carbocycles. The molecule has 120 valence electrons. The van der Waals surface area contributed by atoms with Crippen molar-refractivity contribution >= 4 is 11.8 Å². The predicted octanol–water partition coefficient (Wildman–Crippen LogP) is 1.35. The summed E-state index contributed by atoms with van der Waals surface area (Å²) in [6.45, 7) is 2.26. The van der Waals surface area contributed by atoms with Crippen LogP contribution in [0, 0.1) is 6.92 Å². The van der Waals surface area contributed by atoms with Gasteiger partial charge in [-0.2, -0.15) is 0 Å². The molecule has 6 heteroatoms. The smallest absolute Gasteiger partial charge is 0.261 e. The minimum Gasteiger partial charge on any atom is -0.370 e. The molecule has 0 radical (unpaired) electrons. The summed E-state index contributed by atoms with van der Waals surface area (Å²) in [6, 6.07) is 10.9. The fraction of sp³-hybridized carbons (Fsp3) is 0.235. The van der Waals surface area contributed by atoms with Crippen molar-refractivity contribution in [2.24, 2.45) is 5.73 Å². The second kappa shape index (κ2) is 7.40. The Bertz CT molecular complexity index is 781. The Balaban J connectivity index is 2.09. The van der Waals surface area contributed by atoms with Crippen molar-refractivity contribution in [1.82, 2.24) is 10.3 Å². The topological polar surface area (TPSA) is 105 Å². The average Bonchev–Trinajstić information content (AvgIpc) is 2.51. The lowest BCUT2D eigenvalue weighted by molar-refractivity contribution is -0.118. The Kier molecular flexibility index (Phi) is 5.30. The van der Waals surface area contributed by atoms with Crippen molar-refractivity contribution in [2.75, 3.05) is 6.54 Å². The van der Waals surface area contributed by atoms with E-state index >= 15 is 0 Å². The molecule has 0 saturated heterocycles. The summed E-state index contributed by atoms with van der Waals surface area (Å²) in [7, 11) is 0. The molecule has 0 bridgehead atoms. The quantitative estimate of drug-likeness (QED) is 0.701. The van der Waals surface area contributed by atoms with E-state index in [9.17, 15) is 14.4 Å². The van der Waals surface area contributed by atoms with Gasteiger partial charge in [0.15, 0.2) is 0 Å². The molecule has 1 heterocycles. The number of hydrogen-bond donors (Lipinski definition) is 3. The first-order chi connectivity index (χ1) is 11.0. The van der Waals surface area contributed by atoms with Gasteiger partial charge in [0.25, 0.3) is 11.5 Å². The van der Waals surface area contributed by atoms with Gasteiger partial charge in [-0.15, -0.1) is 0 Å². The molecule has 6 nitrogen and oxygen atoms in total. The lowest BCUT2D eigenvalue weighted by Gasteiger charge is -2.06. The summed E-state index contributed by atoms with van der Waals surface area (Å²) < 4.78 is 0. The molecule has 0 aliphatic carbocycles. The number of rotatable bonds is 6. The van der Waals surface area contributed by atoms with Gasteiger partial charge in [-0.05, 0) is 37.1 Å². The molecule has 2 amide bonds. The lowest BCUT2D eigenvalue weighted by atomic mass is 10.1. The number of primary amides is 1. The maximum absolute atomic E-state index is 12.1. The molecule has 2 rings (SSSR count). The number of carbonyl (C=O) groups excluding carboxylic acids is 2. The number of nitrogens with one attached hydrogen (secondary N) is 2. The van der Waals surface area contributed by atoms with Gasteiger partial charge in [-0.25, -0.2) is 0 Å². The SMILES string of the molecule is Cc1cccc(-c2ccc(C(=O)NCCCC(N)=O)c(=O)[nH]2)c1. The summed E-state index contributed by atoms with van der Waals surface area (Å²) >= 11 is 0. The Morgan fingerprint density at radius 1 is 1.22 bits per heavy atom. The van der Waals surface area contributed by atoms with E-state index < -0.39 is 17.4 Å². The maximum atomic E-state index is 12.1. The van der Waals surface area contributed by atoms with Crippen LogP contribution in [0.1, 0.15) is 28.8 Å². The van der Waals surface area contributed by atoms with Gasteiger partial charge in [-0.3, -0.25) is 14.4 Å². The average molecular weight is 313 g/mol. The Morgan fingerprint density at radius 3 is 2.65 bits per heavy atom. The predicted molar refractivity (Wildman–Crippen MR) is 88.0 cm³/mol. The molecular weight excluding hydrogens is 294 g/mol. The molecule has 0 spiro atoms. The van der Waals surface area contributed by atoms with Crippen LogP contribution in [0.2, 0.25) is 0 Å². The van der Waals surface area contributed by atoms with Crippen LogP contribution < -0.4 is 16.6 Å². The van der Waals surface area contributed by atoms with Crippen LogP contribution in [-0.4, -0.2) is 23.3 Å². The number of H-pyrrole nitrogens is 1. The largest absolute Gasteiger partial charge is 0.370 e. The number of carbonyl (C=O) groups is 2. The third-order valence-electron chi connectivity index (χ3n) is 3.37. The highest BCUT2D eigenvalue weighted by atomic mass is 16.2. The van der Waals surface area contributed by atoms with Crippen LogP contribution in [-0.2, 0) is 4.79 Å². The third-order valence-corrected chi connectivity index (χ3v) is 3.37. The van der Waals surface area contributed by atoms with Gasteiger partial charge < -0.3 is 16.0 Å². The van der Waals surface area contributed by atoms with Gasteiger partial charge in [0.2, 0.25) is 5.91 Å². The molecule has 1 aromatic heterocycles. The minimum atomic E-state index is -0.466. The molecule has 0 aliphatic heterocycles. The summed E-state index contributed by atoms with van der Waals surface area (Å²) in [5, 5.41) is 2.60. The van der Waals surface area contributed by atoms with E-state index in [0.717, 1.165) is 11.1 Å². The number of aromatic amines is 1. The van der Waals surface area contributed by atoms with Crippen LogP contribution in [0.25, 0.3) is 11.3 Å². The summed E-state index contributed by atoms with van der Waals surface area (Å²) in [6.07, 6.45) is 0.642. The second-order valence-electron chi connectivity index (χ2n) is 5.31. The van der Waals surface area contributed by atoms with Crippen LogP contribution >= 0.6 is 0 Å². The van der Waals surface area contributed by atoms with Crippen LogP contribution in [0.5, 0.6) is 0 Å². The number of hydrogen-bond acceptors (Lipinski definition) is 3. The zero-order valence-electron chi connectivity index (χ0n) is 12.9. The zero-order valence-corrected chi connectivity index (χ0v) is 12.9. The van der Waals surface area contributed by atoms with Crippen molar-refractivity contribution in [2.45, 2.75) is 19.8 Å². The number of nitrogens with two attached hydrogens (primary N) is 1. The Morgan fingerprint density at radius 2 is 2.00 bits per heavy atom.